The maximum absolute atomic E-state index is 12.5. The molecule has 0 aliphatic carbocycles. The van der Waals surface area contributed by atoms with E-state index in [4.69, 9.17) is 10.00 Å². The molecular weight excluding hydrogens is 386 g/mol. The van der Waals surface area contributed by atoms with Crippen LogP contribution in [0.2, 0.25) is 0 Å². The zero-order valence-corrected chi connectivity index (χ0v) is 16.3. The molecule has 1 aliphatic heterocycles. The fraction of sp³-hybridized carbons (Fsp3) is 0.0909. The smallest absolute Gasteiger partial charge is 0.331 e. The standard InChI is InChI=1S/C22H15N3O3S/c1-25-18-4-2-3-5-20(18)29-22(25)17(13-24)19(26)14-28-21(27)11-10-15-6-8-16(12-23)9-7-15/h2-11H,14H2,1H3/b11-10+,22-17-. The number of ether oxygens (including phenoxy) is 1. The van der Waals surface area contributed by atoms with Crippen LogP contribution in [-0.2, 0) is 14.3 Å². The van der Waals surface area contributed by atoms with Gasteiger partial charge in [0.25, 0.3) is 0 Å². The first-order valence-corrected chi connectivity index (χ1v) is 9.38. The highest BCUT2D eigenvalue weighted by atomic mass is 32.2. The molecule has 3 rings (SSSR count). The van der Waals surface area contributed by atoms with Crippen LogP contribution in [0.1, 0.15) is 11.1 Å². The summed E-state index contributed by atoms with van der Waals surface area (Å²) in [6.45, 7) is -0.520. The Labute approximate surface area is 172 Å². The lowest BCUT2D eigenvalue weighted by Gasteiger charge is -2.14. The summed E-state index contributed by atoms with van der Waals surface area (Å²) in [5.41, 5.74) is 2.10. The van der Waals surface area contributed by atoms with Gasteiger partial charge in [-0.1, -0.05) is 36.0 Å². The summed E-state index contributed by atoms with van der Waals surface area (Å²) in [7, 11) is 1.78. The molecule has 0 unspecified atom stereocenters. The molecule has 0 radical (unpaired) electrons. The number of para-hydroxylation sites is 1. The second-order valence-corrected chi connectivity index (χ2v) is 7.05. The van der Waals surface area contributed by atoms with Crippen molar-refractivity contribution in [3.05, 3.63) is 76.3 Å². The van der Waals surface area contributed by atoms with Gasteiger partial charge in [-0.2, -0.15) is 10.5 Å². The first kappa shape index (κ1) is 19.9. The molecular formula is C22H15N3O3S. The van der Waals surface area contributed by atoms with Gasteiger partial charge in [-0.05, 0) is 35.9 Å². The van der Waals surface area contributed by atoms with E-state index in [1.807, 2.05) is 36.4 Å². The molecule has 0 saturated heterocycles. The molecule has 1 aliphatic rings. The number of thioether (sulfide) groups is 1. The Morgan fingerprint density at radius 1 is 1.14 bits per heavy atom. The van der Waals surface area contributed by atoms with E-state index in [0.29, 0.717) is 16.2 Å². The Kier molecular flexibility index (Phi) is 6.13. The van der Waals surface area contributed by atoms with Gasteiger partial charge in [-0.15, -0.1) is 0 Å². The summed E-state index contributed by atoms with van der Waals surface area (Å²) in [4.78, 5) is 27.1. The van der Waals surface area contributed by atoms with Crippen molar-refractivity contribution in [1.82, 2.24) is 0 Å². The Morgan fingerprint density at radius 3 is 2.52 bits per heavy atom. The quantitative estimate of drug-likeness (QED) is 0.429. The average Bonchev–Trinajstić information content (AvgIpc) is 3.08. The van der Waals surface area contributed by atoms with Gasteiger partial charge in [-0.3, -0.25) is 4.79 Å². The van der Waals surface area contributed by atoms with Gasteiger partial charge in [0.05, 0.1) is 17.3 Å². The third kappa shape index (κ3) is 4.55. The van der Waals surface area contributed by atoms with E-state index in [1.54, 1.807) is 36.2 Å². The highest BCUT2D eigenvalue weighted by molar-refractivity contribution is 8.03. The minimum atomic E-state index is -0.694. The van der Waals surface area contributed by atoms with Crippen molar-refractivity contribution in [1.29, 1.82) is 10.5 Å². The van der Waals surface area contributed by atoms with E-state index < -0.39 is 18.4 Å². The van der Waals surface area contributed by atoms with Gasteiger partial charge in [-0.25, -0.2) is 4.79 Å². The molecule has 2 aromatic carbocycles. The van der Waals surface area contributed by atoms with Gasteiger partial charge in [0.2, 0.25) is 5.78 Å². The predicted octanol–water partition coefficient (Wildman–Crippen LogP) is 3.66. The third-order valence-corrected chi connectivity index (χ3v) is 5.38. The predicted molar refractivity (Wildman–Crippen MR) is 109 cm³/mol. The molecule has 0 atom stereocenters. The van der Waals surface area contributed by atoms with Crippen LogP contribution in [0.15, 0.2) is 70.1 Å². The Hall–Kier alpha value is -3.81. The molecule has 29 heavy (non-hydrogen) atoms. The summed E-state index contributed by atoms with van der Waals surface area (Å²) in [6.07, 6.45) is 2.72. The largest absolute Gasteiger partial charge is 0.454 e. The van der Waals surface area contributed by atoms with E-state index in [2.05, 4.69) is 0 Å². The molecule has 1 heterocycles. The van der Waals surface area contributed by atoms with Gasteiger partial charge in [0.1, 0.15) is 16.7 Å². The lowest BCUT2D eigenvalue weighted by atomic mass is 10.1. The number of benzene rings is 2. The van der Waals surface area contributed by atoms with E-state index >= 15 is 0 Å². The van der Waals surface area contributed by atoms with Gasteiger partial charge >= 0.3 is 5.97 Å². The lowest BCUT2D eigenvalue weighted by molar-refractivity contribution is -0.141. The number of Topliss-reactive ketones (excluding diaryl/α,β-unsaturated/α-hetero) is 1. The Balaban J connectivity index is 1.63. The van der Waals surface area contributed by atoms with Crippen LogP contribution in [0.25, 0.3) is 6.08 Å². The molecule has 142 valence electrons. The number of anilines is 1. The first-order chi connectivity index (χ1) is 14.0. The molecule has 0 spiro atoms. The number of esters is 1. The van der Waals surface area contributed by atoms with Crippen LogP contribution in [-0.4, -0.2) is 25.4 Å². The number of ketones is 1. The van der Waals surface area contributed by atoms with Crippen LogP contribution in [0.4, 0.5) is 5.69 Å². The third-order valence-electron chi connectivity index (χ3n) is 4.14. The second kappa shape index (κ2) is 8.92. The summed E-state index contributed by atoms with van der Waals surface area (Å²) < 4.78 is 4.98. The lowest BCUT2D eigenvalue weighted by Crippen LogP contribution is -2.19. The van der Waals surface area contributed by atoms with E-state index in [1.165, 1.54) is 23.9 Å². The molecule has 0 fully saturated rings. The SMILES string of the molecule is CN1/C(=C(\C#N)C(=O)COC(=O)/C=C/c2ccc(C#N)cc2)Sc2ccccc21. The van der Waals surface area contributed by atoms with Crippen LogP contribution in [0, 0.1) is 22.7 Å². The first-order valence-electron chi connectivity index (χ1n) is 8.56. The van der Waals surface area contributed by atoms with Crippen LogP contribution in [0.3, 0.4) is 0 Å². The number of rotatable bonds is 5. The number of hydrogen-bond donors (Lipinski definition) is 0. The van der Waals surface area contributed by atoms with Crippen LogP contribution in [0.5, 0.6) is 0 Å². The van der Waals surface area contributed by atoms with E-state index in [0.717, 1.165) is 10.6 Å². The topological polar surface area (TPSA) is 94.2 Å². The fourth-order valence-electron chi connectivity index (χ4n) is 2.64. The minimum Gasteiger partial charge on any atom is -0.454 e. The number of carbonyl (C=O) groups excluding carboxylic acids is 2. The zero-order valence-electron chi connectivity index (χ0n) is 15.5. The van der Waals surface area contributed by atoms with Crippen molar-refractivity contribution in [2.24, 2.45) is 0 Å². The highest BCUT2D eigenvalue weighted by Crippen LogP contribution is 2.46. The van der Waals surface area contributed by atoms with Crippen LogP contribution < -0.4 is 4.90 Å². The maximum Gasteiger partial charge on any atom is 0.331 e. The molecule has 0 N–H and O–H groups in total. The zero-order chi connectivity index (χ0) is 20.8. The number of fused-ring (bicyclic) bond motifs is 1. The van der Waals surface area contributed by atoms with Gasteiger partial charge < -0.3 is 9.64 Å². The van der Waals surface area contributed by atoms with Crippen molar-refractivity contribution in [2.75, 3.05) is 18.6 Å². The second-order valence-electron chi connectivity index (χ2n) is 6.02. The number of hydrogen-bond acceptors (Lipinski definition) is 7. The Morgan fingerprint density at radius 2 is 1.86 bits per heavy atom. The highest BCUT2D eigenvalue weighted by Gasteiger charge is 2.28. The van der Waals surface area contributed by atoms with Crippen molar-refractivity contribution in [3.63, 3.8) is 0 Å². The van der Waals surface area contributed by atoms with Crippen molar-refractivity contribution < 1.29 is 14.3 Å². The Bertz CT molecular complexity index is 1110. The van der Waals surface area contributed by atoms with Crippen molar-refractivity contribution >= 4 is 35.3 Å². The summed E-state index contributed by atoms with van der Waals surface area (Å²) in [5.74, 6) is -1.25. The number of nitriles is 2. The summed E-state index contributed by atoms with van der Waals surface area (Å²) in [5, 5.41) is 18.8. The number of nitrogens with zero attached hydrogens (tertiary/aromatic N) is 3. The number of carbonyl (C=O) groups is 2. The summed E-state index contributed by atoms with van der Waals surface area (Å²) in [6, 6.07) is 18.2. The van der Waals surface area contributed by atoms with Crippen molar-refractivity contribution in [3.8, 4) is 12.1 Å². The van der Waals surface area contributed by atoms with E-state index in [-0.39, 0.29) is 5.57 Å². The molecule has 0 bridgehead atoms. The molecule has 0 aromatic heterocycles. The van der Waals surface area contributed by atoms with Crippen LogP contribution >= 0.6 is 11.8 Å². The molecule has 0 amide bonds. The minimum absolute atomic E-state index is 0.0439. The molecule has 7 heteroatoms. The van der Waals surface area contributed by atoms with Gasteiger partial charge in [0, 0.05) is 18.0 Å². The molecule has 6 nitrogen and oxygen atoms in total. The monoisotopic (exact) mass is 401 g/mol. The summed E-state index contributed by atoms with van der Waals surface area (Å²) >= 11 is 1.33. The van der Waals surface area contributed by atoms with E-state index in [9.17, 15) is 14.9 Å². The van der Waals surface area contributed by atoms with Gasteiger partial charge in [0.15, 0.2) is 6.61 Å². The molecule has 2 aromatic rings. The maximum atomic E-state index is 12.5. The normalized spacial score (nSPS) is 14.1. The average molecular weight is 401 g/mol. The fourth-order valence-corrected chi connectivity index (χ4v) is 3.80. The van der Waals surface area contributed by atoms with Crippen molar-refractivity contribution in [2.45, 2.75) is 4.90 Å². The molecule has 0 saturated carbocycles.